The van der Waals surface area contributed by atoms with Gasteiger partial charge in [-0.2, -0.15) is 0 Å². The topological polar surface area (TPSA) is 81.1 Å². The van der Waals surface area contributed by atoms with Gasteiger partial charge in [0.25, 0.3) is 11.8 Å². The van der Waals surface area contributed by atoms with Crippen LogP contribution in [-0.4, -0.2) is 52.7 Å². The minimum atomic E-state index is -0.156. The predicted molar refractivity (Wildman–Crippen MR) is 108 cm³/mol. The number of anilines is 1. The molecule has 0 aliphatic carbocycles. The Morgan fingerprint density at radius 1 is 0.929 bits per heavy atom. The minimum Gasteiger partial charge on any atom is -0.497 e. The summed E-state index contributed by atoms with van der Waals surface area (Å²) in [6.45, 7) is 0.978. The molecule has 2 aromatic rings. The van der Waals surface area contributed by atoms with Gasteiger partial charge in [-0.15, -0.1) is 0 Å². The molecule has 7 heteroatoms. The number of quaternary nitrogens is 1. The molecule has 0 spiro atoms. The number of rotatable bonds is 10. The Balaban J connectivity index is 1.68. The summed E-state index contributed by atoms with van der Waals surface area (Å²) >= 11 is 0. The van der Waals surface area contributed by atoms with Gasteiger partial charge in [0.15, 0.2) is 13.1 Å². The highest BCUT2D eigenvalue weighted by molar-refractivity contribution is 5.91. The van der Waals surface area contributed by atoms with Crippen molar-refractivity contribution in [1.82, 2.24) is 5.32 Å². The Kier molecular flexibility index (Phi) is 8.30. The van der Waals surface area contributed by atoms with Crippen LogP contribution in [0.15, 0.2) is 48.5 Å². The number of nitrogens with one attached hydrogen (secondary N) is 3. The molecule has 0 aliphatic rings. The van der Waals surface area contributed by atoms with Crippen LogP contribution in [0, 0.1) is 0 Å². The predicted octanol–water partition coefficient (Wildman–Crippen LogP) is 0.516. The van der Waals surface area contributed by atoms with Crippen molar-refractivity contribution in [2.45, 2.75) is 6.42 Å². The largest absolute Gasteiger partial charge is 0.497 e. The van der Waals surface area contributed by atoms with E-state index in [1.807, 2.05) is 37.4 Å². The molecular formula is C21H28N3O4+. The van der Waals surface area contributed by atoms with Crippen LogP contribution in [0.25, 0.3) is 0 Å². The summed E-state index contributed by atoms with van der Waals surface area (Å²) in [6, 6.07) is 14.9. The molecule has 0 heterocycles. The van der Waals surface area contributed by atoms with Crippen molar-refractivity contribution < 1.29 is 24.0 Å². The van der Waals surface area contributed by atoms with Crippen LogP contribution in [0.4, 0.5) is 5.69 Å². The zero-order chi connectivity index (χ0) is 20.4. The summed E-state index contributed by atoms with van der Waals surface area (Å²) in [5.74, 6) is 1.25. The lowest BCUT2D eigenvalue weighted by atomic mass is 10.1. The molecule has 0 radical (unpaired) electrons. The van der Waals surface area contributed by atoms with Gasteiger partial charge < -0.3 is 25.0 Å². The van der Waals surface area contributed by atoms with Crippen molar-refractivity contribution in [3.05, 3.63) is 54.1 Å². The first-order valence-electron chi connectivity index (χ1n) is 9.15. The Bertz CT molecular complexity index is 777. The van der Waals surface area contributed by atoms with E-state index in [0.29, 0.717) is 18.0 Å². The van der Waals surface area contributed by atoms with Crippen LogP contribution >= 0.6 is 0 Å². The van der Waals surface area contributed by atoms with Crippen molar-refractivity contribution in [3.8, 4) is 11.5 Å². The molecule has 0 aromatic heterocycles. The van der Waals surface area contributed by atoms with Gasteiger partial charge in [-0.25, -0.2) is 0 Å². The maximum absolute atomic E-state index is 12.1. The number of ether oxygens (including phenoxy) is 2. The van der Waals surface area contributed by atoms with Gasteiger partial charge in [-0.3, -0.25) is 9.59 Å². The summed E-state index contributed by atoms with van der Waals surface area (Å²) in [6.07, 6.45) is 0.741. The first kappa shape index (κ1) is 21.2. The molecule has 0 fully saturated rings. The lowest BCUT2D eigenvalue weighted by Gasteiger charge is -2.14. The molecule has 0 saturated heterocycles. The molecule has 7 nitrogen and oxygen atoms in total. The van der Waals surface area contributed by atoms with Gasteiger partial charge in [0, 0.05) is 18.3 Å². The molecule has 2 aromatic carbocycles. The Hall–Kier alpha value is -3.06. The monoisotopic (exact) mass is 386 g/mol. The second-order valence-electron chi connectivity index (χ2n) is 6.54. The highest BCUT2D eigenvalue weighted by atomic mass is 16.5. The van der Waals surface area contributed by atoms with Crippen LogP contribution in [0.3, 0.4) is 0 Å². The van der Waals surface area contributed by atoms with Crippen molar-refractivity contribution >= 4 is 17.5 Å². The summed E-state index contributed by atoms with van der Waals surface area (Å²) in [4.78, 5) is 25.0. The zero-order valence-corrected chi connectivity index (χ0v) is 16.6. The van der Waals surface area contributed by atoms with Crippen molar-refractivity contribution in [2.75, 3.05) is 46.2 Å². The van der Waals surface area contributed by atoms with Crippen LogP contribution in [0.1, 0.15) is 5.56 Å². The molecule has 0 aliphatic heterocycles. The van der Waals surface area contributed by atoms with Crippen molar-refractivity contribution in [3.63, 3.8) is 0 Å². The Labute approximate surface area is 165 Å². The number of hydrogen-bond acceptors (Lipinski definition) is 4. The molecule has 2 rings (SSSR count). The smallest absolute Gasteiger partial charge is 0.279 e. The average Bonchev–Trinajstić information content (AvgIpc) is 2.68. The number of hydrogen-bond donors (Lipinski definition) is 3. The van der Waals surface area contributed by atoms with Gasteiger partial charge in [0.2, 0.25) is 0 Å². The number of likely N-dealkylation sites (N-methyl/N-ethyl adjacent to an activating group) is 1. The Morgan fingerprint density at radius 3 is 2.29 bits per heavy atom. The van der Waals surface area contributed by atoms with Crippen LogP contribution in [0.2, 0.25) is 0 Å². The van der Waals surface area contributed by atoms with Gasteiger partial charge in [0.05, 0.1) is 21.3 Å². The fourth-order valence-electron chi connectivity index (χ4n) is 2.72. The first-order chi connectivity index (χ1) is 13.5. The van der Waals surface area contributed by atoms with E-state index < -0.39 is 0 Å². The number of carbonyl (C=O) groups excluding carboxylic acids is 2. The third-order valence-electron chi connectivity index (χ3n) is 4.17. The average molecular weight is 386 g/mol. The van der Waals surface area contributed by atoms with Gasteiger partial charge >= 0.3 is 0 Å². The highest BCUT2D eigenvalue weighted by Gasteiger charge is 2.14. The summed E-state index contributed by atoms with van der Waals surface area (Å²) < 4.78 is 10.3. The standard InChI is InChI=1S/C21H27N3O4/c1-24(15-21(26)23-17-5-4-6-19(13-17)28-3)14-20(25)22-12-11-16-7-9-18(27-2)10-8-16/h4-10,13H,11-12,14-15H2,1-3H3,(H,22,25)(H,23,26)/p+1. The summed E-state index contributed by atoms with van der Waals surface area (Å²) in [5, 5.41) is 5.70. The molecule has 150 valence electrons. The van der Waals surface area contributed by atoms with E-state index in [0.717, 1.165) is 22.6 Å². The maximum atomic E-state index is 12.1. The molecule has 28 heavy (non-hydrogen) atoms. The molecule has 1 unspecified atom stereocenters. The fourth-order valence-corrected chi connectivity index (χ4v) is 2.72. The van der Waals surface area contributed by atoms with Gasteiger partial charge in [-0.05, 0) is 36.2 Å². The van der Waals surface area contributed by atoms with Crippen LogP contribution in [0.5, 0.6) is 11.5 Å². The Morgan fingerprint density at radius 2 is 1.61 bits per heavy atom. The van der Waals surface area contributed by atoms with Gasteiger partial charge in [-0.1, -0.05) is 18.2 Å². The normalized spacial score (nSPS) is 11.4. The first-order valence-corrected chi connectivity index (χ1v) is 9.15. The highest BCUT2D eigenvalue weighted by Crippen LogP contribution is 2.16. The van der Waals surface area contributed by atoms with Crippen molar-refractivity contribution in [1.29, 1.82) is 0 Å². The number of benzene rings is 2. The molecular weight excluding hydrogens is 358 g/mol. The van der Waals surface area contributed by atoms with E-state index in [-0.39, 0.29) is 24.9 Å². The number of methoxy groups -OCH3 is 2. The second kappa shape index (κ2) is 10.9. The number of carbonyl (C=O) groups is 2. The van der Waals surface area contributed by atoms with Crippen molar-refractivity contribution in [2.24, 2.45) is 0 Å². The lowest BCUT2D eigenvalue weighted by Crippen LogP contribution is -3.11. The quantitative estimate of drug-likeness (QED) is 0.556. The SMILES string of the molecule is COc1ccc(CCNC(=O)C[NH+](C)CC(=O)Nc2cccc(OC)c2)cc1. The molecule has 0 bridgehead atoms. The fraction of sp³-hybridized carbons (Fsp3) is 0.333. The van der Waals surface area contributed by atoms with E-state index in [9.17, 15) is 9.59 Å². The minimum absolute atomic E-state index is 0.0832. The third kappa shape index (κ3) is 7.28. The zero-order valence-electron chi connectivity index (χ0n) is 16.6. The second-order valence-corrected chi connectivity index (χ2v) is 6.54. The van der Waals surface area contributed by atoms with Gasteiger partial charge in [0.1, 0.15) is 11.5 Å². The maximum Gasteiger partial charge on any atom is 0.279 e. The number of amides is 2. The summed E-state index contributed by atoms with van der Waals surface area (Å²) in [7, 11) is 5.02. The molecule has 3 N–H and O–H groups in total. The van der Waals surface area contributed by atoms with E-state index in [2.05, 4.69) is 10.6 Å². The molecule has 0 saturated carbocycles. The van der Waals surface area contributed by atoms with E-state index in [4.69, 9.17) is 9.47 Å². The van der Waals surface area contributed by atoms with E-state index in [1.54, 1.807) is 32.4 Å². The van der Waals surface area contributed by atoms with Crippen LogP contribution < -0.4 is 25.0 Å². The van der Waals surface area contributed by atoms with E-state index in [1.165, 1.54) is 0 Å². The molecule has 1 atom stereocenters. The van der Waals surface area contributed by atoms with Crippen LogP contribution in [-0.2, 0) is 16.0 Å². The van der Waals surface area contributed by atoms with E-state index >= 15 is 0 Å². The third-order valence-corrected chi connectivity index (χ3v) is 4.17. The lowest BCUT2D eigenvalue weighted by molar-refractivity contribution is -0.862. The molecule has 2 amide bonds. The summed E-state index contributed by atoms with van der Waals surface area (Å²) in [5.41, 5.74) is 1.79.